The highest BCUT2D eigenvalue weighted by molar-refractivity contribution is 5.91. The Hall–Kier alpha value is -1.39. The lowest BCUT2D eigenvalue weighted by Gasteiger charge is -2.19. The van der Waals surface area contributed by atoms with Crippen LogP contribution in [0.2, 0.25) is 0 Å². The molecule has 1 heterocycles. The standard InChI is InChI=1S/C9H16N4O/c1-3-5-13(6-4-2)9(14)8-7-10-12-11-8/h7H,3-6H2,1-2H3,(H,10,11,12). The van der Waals surface area contributed by atoms with E-state index in [2.05, 4.69) is 29.3 Å². The number of aromatic nitrogens is 3. The Bertz CT molecular complexity index is 264. The average molecular weight is 196 g/mol. The van der Waals surface area contributed by atoms with Crippen molar-refractivity contribution in [2.75, 3.05) is 13.1 Å². The quantitative estimate of drug-likeness (QED) is 0.766. The zero-order valence-corrected chi connectivity index (χ0v) is 8.66. The first kappa shape index (κ1) is 10.7. The van der Waals surface area contributed by atoms with E-state index in [0.29, 0.717) is 5.69 Å². The largest absolute Gasteiger partial charge is 0.337 e. The highest BCUT2D eigenvalue weighted by Crippen LogP contribution is 2.01. The number of nitrogens with one attached hydrogen (secondary N) is 1. The Labute approximate surface area is 83.5 Å². The fourth-order valence-corrected chi connectivity index (χ4v) is 1.32. The van der Waals surface area contributed by atoms with Gasteiger partial charge in [-0.3, -0.25) is 4.79 Å². The van der Waals surface area contributed by atoms with Gasteiger partial charge in [0.2, 0.25) is 0 Å². The van der Waals surface area contributed by atoms with Crippen molar-refractivity contribution in [1.82, 2.24) is 20.3 Å². The Kier molecular flexibility index (Phi) is 4.10. The van der Waals surface area contributed by atoms with E-state index in [1.165, 1.54) is 6.20 Å². The van der Waals surface area contributed by atoms with Crippen LogP contribution in [0.3, 0.4) is 0 Å². The molecule has 0 aliphatic rings. The van der Waals surface area contributed by atoms with Gasteiger partial charge >= 0.3 is 0 Å². The van der Waals surface area contributed by atoms with Gasteiger partial charge in [0.25, 0.3) is 5.91 Å². The van der Waals surface area contributed by atoms with Crippen LogP contribution in [-0.2, 0) is 0 Å². The van der Waals surface area contributed by atoms with E-state index in [1.54, 1.807) is 4.90 Å². The summed E-state index contributed by atoms with van der Waals surface area (Å²) < 4.78 is 0. The van der Waals surface area contributed by atoms with Crippen molar-refractivity contribution in [1.29, 1.82) is 0 Å². The van der Waals surface area contributed by atoms with Crippen molar-refractivity contribution < 1.29 is 4.79 Å². The fraction of sp³-hybridized carbons (Fsp3) is 0.667. The molecule has 0 fully saturated rings. The first-order valence-corrected chi connectivity index (χ1v) is 4.94. The summed E-state index contributed by atoms with van der Waals surface area (Å²) in [6.45, 7) is 5.66. The third-order valence-corrected chi connectivity index (χ3v) is 1.91. The van der Waals surface area contributed by atoms with E-state index in [0.717, 1.165) is 25.9 Å². The molecule has 0 unspecified atom stereocenters. The van der Waals surface area contributed by atoms with Gasteiger partial charge in [-0.2, -0.15) is 15.4 Å². The number of H-pyrrole nitrogens is 1. The second-order valence-electron chi connectivity index (χ2n) is 3.15. The van der Waals surface area contributed by atoms with E-state index < -0.39 is 0 Å². The van der Waals surface area contributed by atoms with Gasteiger partial charge in [-0.05, 0) is 12.8 Å². The van der Waals surface area contributed by atoms with Crippen LogP contribution < -0.4 is 0 Å². The summed E-state index contributed by atoms with van der Waals surface area (Å²) in [6.07, 6.45) is 3.38. The first-order valence-electron chi connectivity index (χ1n) is 4.94. The highest BCUT2D eigenvalue weighted by Gasteiger charge is 2.15. The molecule has 0 saturated carbocycles. The molecule has 0 atom stereocenters. The van der Waals surface area contributed by atoms with Crippen molar-refractivity contribution in [3.8, 4) is 0 Å². The Balaban J connectivity index is 2.63. The average Bonchev–Trinajstić information content (AvgIpc) is 2.69. The molecule has 0 aromatic carbocycles. The normalized spacial score (nSPS) is 10.1. The van der Waals surface area contributed by atoms with Crippen molar-refractivity contribution >= 4 is 5.91 Å². The molecule has 1 N–H and O–H groups in total. The van der Waals surface area contributed by atoms with E-state index in [1.807, 2.05) is 0 Å². The maximum atomic E-state index is 11.8. The molecule has 1 aromatic rings. The number of rotatable bonds is 5. The van der Waals surface area contributed by atoms with Gasteiger partial charge < -0.3 is 4.90 Å². The number of nitrogens with zero attached hydrogens (tertiary/aromatic N) is 3. The number of carbonyl (C=O) groups is 1. The zero-order chi connectivity index (χ0) is 10.4. The predicted octanol–water partition coefficient (Wildman–Crippen LogP) is 1.07. The van der Waals surface area contributed by atoms with Crippen molar-refractivity contribution in [2.45, 2.75) is 26.7 Å². The van der Waals surface area contributed by atoms with Gasteiger partial charge in [0.1, 0.15) is 0 Å². The number of hydrogen-bond donors (Lipinski definition) is 1. The van der Waals surface area contributed by atoms with Gasteiger partial charge in [-0.25, -0.2) is 0 Å². The first-order chi connectivity index (χ1) is 6.79. The smallest absolute Gasteiger partial charge is 0.276 e. The third-order valence-electron chi connectivity index (χ3n) is 1.91. The summed E-state index contributed by atoms with van der Waals surface area (Å²) in [5.74, 6) is -0.0394. The lowest BCUT2D eigenvalue weighted by molar-refractivity contribution is 0.0749. The lowest BCUT2D eigenvalue weighted by atomic mass is 10.3. The molecule has 14 heavy (non-hydrogen) atoms. The maximum absolute atomic E-state index is 11.8. The molecule has 1 amide bonds. The highest BCUT2D eigenvalue weighted by atomic mass is 16.2. The van der Waals surface area contributed by atoms with Crippen LogP contribution in [0.4, 0.5) is 0 Å². The van der Waals surface area contributed by atoms with E-state index in [9.17, 15) is 4.79 Å². The molecule has 5 nitrogen and oxygen atoms in total. The van der Waals surface area contributed by atoms with Crippen LogP contribution in [0.5, 0.6) is 0 Å². The van der Waals surface area contributed by atoms with Gasteiger partial charge in [-0.1, -0.05) is 13.8 Å². The van der Waals surface area contributed by atoms with Crippen LogP contribution >= 0.6 is 0 Å². The predicted molar refractivity (Wildman–Crippen MR) is 52.9 cm³/mol. The molecule has 0 radical (unpaired) electrons. The van der Waals surface area contributed by atoms with Crippen LogP contribution in [0, 0.1) is 0 Å². The molecule has 0 saturated heterocycles. The summed E-state index contributed by atoms with van der Waals surface area (Å²) >= 11 is 0. The molecular weight excluding hydrogens is 180 g/mol. The minimum atomic E-state index is -0.0394. The summed E-state index contributed by atoms with van der Waals surface area (Å²) in [4.78, 5) is 13.6. The maximum Gasteiger partial charge on any atom is 0.276 e. The minimum Gasteiger partial charge on any atom is -0.337 e. The lowest BCUT2D eigenvalue weighted by Crippen LogP contribution is -2.32. The summed E-state index contributed by atoms with van der Waals surface area (Å²) in [5.41, 5.74) is 0.395. The summed E-state index contributed by atoms with van der Waals surface area (Å²) in [7, 11) is 0. The topological polar surface area (TPSA) is 61.9 Å². The zero-order valence-electron chi connectivity index (χ0n) is 8.66. The van der Waals surface area contributed by atoms with Crippen molar-refractivity contribution in [2.24, 2.45) is 0 Å². The molecular formula is C9H16N4O. The molecule has 0 bridgehead atoms. The molecule has 0 aliphatic heterocycles. The third kappa shape index (κ3) is 2.55. The Morgan fingerprint density at radius 1 is 1.43 bits per heavy atom. The van der Waals surface area contributed by atoms with Crippen LogP contribution in [0.25, 0.3) is 0 Å². The van der Waals surface area contributed by atoms with E-state index in [4.69, 9.17) is 0 Å². The number of carbonyl (C=O) groups excluding carboxylic acids is 1. The van der Waals surface area contributed by atoms with Crippen molar-refractivity contribution in [3.05, 3.63) is 11.9 Å². The van der Waals surface area contributed by atoms with Crippen LogP contribution in [-0.4, -0.2) is 39.3 Å². The number of amides is 1. The summed E-state index contributed by atoms with van der Waals surface area (Å²) in [6, 6.07) is 0. The molecule has 5 heteroatoms. The van der Waals surface area contributed by atoms with Crippen LogP contribution in [0.15, 0.2) is 6.20 Å². The minimum absolute atomic E-state index is 0.0394. The van der Waals surface area contributed by atoms with Gasteiger partial charge in [-0.15, -0.1) is 0 Å². The molecule has 78 valence electrons. The van der Waals surface area contributed by atoms with Gasteiger partial charge in [0.15, 0.2) is 5.69 Å². The Morgan fingerprint density at radius 3 is 2.50 bits per heavy atom. The summed E-state index contributed by atoms with van der Waals surface area (Å²) in [5, 5.41) is 9.84. The SMILES string of the molecule is CCCN(CCC)C(=O)c1cn[nH]n1. The van der Waals surface area contributed by atoms with Crippen LogP contribution in [0.1, 0.15) is 37.2 Å². The second-order valence-corrected chi connectivity index (χ2v) is 3.15. The van der Waals surface area contributed by atoms with Gasteiger partial charge in [0, 0.05) is 13.1 Å². The van der Waals surface area contributed by atoms with Gasteiger partial charge in [0.05, 0.1) is 6.20 Å². The molecule has 0 aliphatic carbocycles. The molecule has 0 spiro atoms. The number of aromatic amines is 1. The monoisotopic (exact) mass is 196 g/mol. The second kappa shape index (κ2) is 5.36. The molecule has 1 aromatic heterocycles. The van der Waals surface area contributed by atoms with Crippen molar-refractivity contribution in [3.63, 3.8) is 0 Å². The van der Waals surface area contributed by atoms with E-state index >= 15 is 0 Å². The van der Waals surface area contributed by atoms with E-state index in [-0.39, 0.29) is 5.91 Å². The molecule has 1 rings (SSSR count). The Morgan fingerprint density at radius 2 is 2.07 bits per heavy atom. The fourth-order valence-electron chi connectivity index (χ4n) is 1.32. The number of hydrogen-bond acceptors (Lipinski definition) is 3.